The number of fused-ring (bicyclic) bond motifs is 1. The van der Waals surface area contributed by atoms with Crippen molar-refractivity contribution in [2.75, 3.05) is 0 Å². The number of H-pyrrole nitrogens is 1. The van der Waals surface area contributed by atoms with E-state index in [1.165, 1.54) is 30.5 Å². The predicted molar refractivity (Wildman–Crippen MR) is 107 cm³/mol. The molecule has 1 amide bonds. The van der Waals surface area contributed by atoms with Gasteiger partial charge in [0.25, 0.3) is 0 Å². The minimum Gasteiger partial charge on any atom is -0.366 e. The van der Waals surface area contributed by atoms with Gasteiger partial charge >= 0.3 is 0 Å². The van der Waals surface area contributed by atoms with Crippen molar-refractivity contribution in [1.82, 2.24) is 15.0 Å². The van der Waals surface area contributed by atoms with Crippen molar-refractivity contribution in [3.05, 3.63) is 89.5 Å². The number of ketones is 1. The largest absolute Gasteiger partial charge is 0.366 e. The summed E-state index contributed by atoms with van der Waals surface area (Å²) in [5, 5.41) is 0. The fraction of sp³-hybridized carbons (Fsp3) is 0. The van der Waals surface area contributed by atoms with Gasteiger partial charge in [0.05, 0.1) is 17.5 Å². The number of nitrogens with zero attached hydrogens (tertiary/aromatic N) is 2. The van der Waals surface area contributed by atoms with Crippen LogP contribution >= 0.6 is 0 Å². The van der Waals surface area contributed by atoms with E-state index in [1.54, 1.807) is 42.6 Å². The second-order valence-electron chi connectivity index (χ2n) is 6.32. The van der Waals surface area contributed by atoms with Crippen LogP contribution in [0.5, 0.6) is 0 Å². The van der Waals surface area contributed by atoms with Crippen molar-refractivity contribution in [2.45, 2.75) is 0 Å². The maximum Gasteiger partial charge on any atom is 0.241 e. The second-order valence-corrected chi connectivity index (χ2v) is 6.32. The Balaban J connectivity index is 1.71. The van der Waals surface area contributed by atoms with E-state index < -0.39 is 11.7 Å². The third-order valence-corrected chi connectivity index (χ3v) is 4.38. The Hall–Kier alpha value is -4.13. The van der Waals surface area contributed by atoms with Gasteiger partial charge in [-0.1, -0.05) is 36.4 Å². The summed E-state index contributed by atoms with van der Waals surface area (Å²) in [5.41, 5.74) is 8.12. The molecule has 142 valence electrons. The SMILES string of the molecule is NC(=O)C=Cc1c[nH]c2ncc(-c3ccc(C(=O)c4ccccc4)c(F)c3)nc12. The Labute approximate surface area is 164 Å². The van der Waals surface area contributed by atoms with Gasteiger partial charge in [0.15, 0.2) is 11.4 Å². The fourth-order valence-electron chi connectivity index (χ4n) is 2.95. The first-order valence-electron chi connectivity index (χ1n) is 8.74. The van der Waals surface area contributed by atoms with Crippen molar-refractivity contribution in [3.8, 4) is 11.3 Å². The van der Waals surface area contributed by atoms with Crippen molar-refractivity contribution in [3.63, 3.8) is 0 Å². The number of hydrogen-bond acceptors (Lipinski definition) is 4. The average Bonchev–Trinajstić information content (AvgIpc) is 3.14. The Kier molecular flexibility index (Phi) is 4.70. The summed E-state index contributed by atoms with van der Waals surface area (Å²) in [6.45, 7) is 0. The van der Waals surface area contributed by atoms with Crippen LogP contribution in [0.4, 0.5) is 4.39 Å². The quantitative estimate of drug-likeness (QED) is 0.405. The van der Waals surface area contributed by atoms with Crippen LogP contribution in [0.25, 0.3) is 28.5 Å². The molecule has 0 radical (unpaired) electrons. The van der Waals surface area contributed by atoms with Gasteiger partial charge in [-0.05, 0) is 18.2 Å². The third kappa shape index (κ3) is 3.66. The predicted octanol–water partition coefficient (Wildman–Crippen LogP) is 3.49. The number of nitrogens with two attached hydrogens (primary N) is 1. The first-order valence-corrected chi connectivity index (χ1v) is 8.74. The number of aromatic nitrogens is 3. The Morgan fingerprint density at radius 3 is 2.62 bits per heavy atom. The minimum atomic E-state index is -0.638. The highest BCUT2D eigenvalue weighted by Gasteiger charge is 2.15. The number of amides is 1. The Morgan fingerprint density at radius 1 is 1.10 bits per heavy atom. The van der Waals surface area contributed by atoms with Crippen molar-refractivity contribution in [1.29, 1.82) is 0 Å². The highest BCUT2D eigenvalue weighted by atomic mass is 19.1. The second kappa shape index (κ2) is 7.47. The molecule has 0 aliphatic carbocycles. The molecule has 2 aromatic heterocycles. The smallest absolute Gasteiger partial charge is 0.241 e. The molecule has 0 spiro atoms. The number of primary amides is 1. The monoisotopic (exact) mass is 386 g/mol. The average molecular weight is 386 g/mol. The number of carbonyl (C=O) groups excluding carboxylic acids is 2. The lowest BCUT2D eigenvalue weighted by Crippen LogP contribution is -2.05. The molecule has 4 aromatic rings. The maximum absolute atomic E-state index is 14.7. The van der Waals surface area contributed by atoms with E-state index >= 15 is 0 Å². The van der Waals surface area contributed by atoms with Crippen LogP contribution in [0, 0.1) is 5.82 Å². The van der Waals surface area contributed by atoms with Crippen LogP contribution in [0.1, 0.15) is 21.5 Å². The molecule has 0 saturated heterocycles. The number of nitrogens with one attached hydrogen (secondary N) is 1. The van der Waals surface area contributed by atoms with Gasteiger partial charge in [0.1, 0.15) is 11.3 Å². The molecule has 0 unspecified atom stereocenters. The molecule has 0 saturated carbocycles. The summed E-state index contributed by atoms with van der Waals surface area (Å²) in [4.78, 5) is 35.2. The number of rotatable bonds is 5. The highest BCUT2D eigenvalue weighted by Crippen LogP contribution is 2.24. The van der Waals surface area contributed by atoms with Gasteiger partial charge in [-0.15, -0.1) is 0 Å². The molecule has 0 fully saturated rings. The third-order valence-electron chi connectivity index (χ3n) is 4.38. The zero-order chi connectivity index (χ0) is 20.4. The molecular formula is C22H15FN4O2. The summed E-state index contributed by atoms with van der Waals surface area (Å²) >= 11 is 0. The maximum atomic E-state index is 14.7. The zero-order valence-corrected chi connectivity index (χ0v) is 15.1. The van der Waals surface area contributed by atoms with Crippen LogP contribution in [0.15, 0.2) is 67.0 Å². The molecule has 7 heteroatoms. The first kappa shape index (κ1) is 18.2. The molecule has 0 aliphatic rings. The summed E-state index contributed by atoms with van der Waals surface area (Å²) in [6.07, 6.45) is 5.91. The summed E-state index contributed by atoms with van der Waals surface area (Å²) in [5.74, 6) is -1.61. The standard InChI is InChI=1S/C22H15FN4O2/c23-17-10-14(6-8-16(17)21(29)13-4-2-1-3-5-13)18-12-26-22-20(27-18)15(11-25-22)7-9-19(24)28/h1-12H,(H2,24,28)(H,25,26). The molecule has 0 bridgehead atoms. The zero-order valence-electron chi connectivity index (χ0n) is 15.1. The van der Waals surface area contributed by atoms with Crippen LogP contribution in [0.2, 0.25) is 0 Å². The lowest BCUT2D eigenvalue weighted by molar-refractivity contribution is -0.113. The lowest BCUT2D eigenvalue weighted by Gasteiger charge is -2.06. The first-order chi connectivity index (χ1) is 14.0. The van der Waals surface area contributed by atoms with Gasteiger partial charge in [-0.25, -0.2) is 14.4 Å². The van der Waals surface area contributed by atoms with Gasteiger partial charge in [0.2, 0.25) is 5.91 Å². The van der Waals surface area contributed by atoms with Crippen molar-refractivity contribution >= 4 is 28.9 Å². The Morgan fingerprint density at radius 2 is 1.90 bits per heavy atom. The van der Waals surface area contributed by atoms with E-state index in [4.69, 9.17) is 5.73 Å². The van der Waals surface area contributed by atoms with Crippen LogP contribution in [-0.2, 0) is 4.79 Å². The molecule has 0 atom stereocenters. The molecular weight excluding hydrogens is 371 g/mol. The van der Waals surface area contributed by atoms with Crippen molar-refractivity contribution < 1.29 is 14.0 Å². The van der Waals surface area contributed by atoms with Gasteiger partial charge in [-0.2, -0.15) is 0 Å². The van der Waals surface area contributed by atoms with E-state index in [-0.39, 0.29) is 11.3 Å². The van der Waals surface area contributed by atoms with E-state index in [0.29, 0.717) is 33.5 Å². The minimum absolute atomic E-state index is 0.0132. The van der Waals surface area contributed by atoms with Crippen molar-refractivity contribution in [2.24, 2.45) is 5.73 Å². The molecule has 29 heavy (non-hydrogen) atoms. The van der Waals surface area contributed by atoms with E-state index in [1.807, 2.05) is 0 Å². The fourth-order valence-corrected chi connectivity index (χ4v) is 2.95. The van der Waals surface area contributed by atoms with E-state index in [9.17, 15) is 14.0 Å². The molecule has 6 nitrogen and oxygen atoms in total. The van der Waals surface area contributed by atoms with Gasteiger partial charge in [-0.3, -0.25) is 9.59 Å². The number of benzene rings is 2. The van der Waals surface area contributed by atoms with Crippen LogP contribution < -0.4 is 5.73 Å². The van der Waals surface area contributed by atoms with E-state index in [0.717, 1.165) is 0 Å². The molecule has 4 rings (SSSR count). The number of carbonyl (C=O) groups is 2. The topological polar surface area (TPSA) is 102 Å². The van der Waals surface area contributed by atoms with Crippen LogP contribution in [-0.4, -0.2) is 26.6 Å². The Bertz CT molecular complexity index is 1260. The van der Waals surface area contributed by atoms with Gasteiger partial charge < -0.3 is 10.7 Å². The number of halogens is 1. The molecule has 2 heterocycles. The number of hydrogen-bond donors (Lipinski definition) is 2. The summed E-state index contributed by atoms with van der Waals surface area (Å²) in [6, 6.07) is 12.9. The lowest BCUT2D eigenvalue weighted by atomic mass is 10.0. The number of aromatic amines is 1. The van der Waals surface area contributed by atoms with E-state index in [2.05, 4.69) is 15.0 Å². The molecule has 2 aromatic carbocycles. The highest BCUT2D eigenvalue weighted by molar-refractivity contribution is 6.09. The van der Waals surface area contributed by atoms with Gasteiger partial charge in [0, 0.05) is 29.0 Å². The molecule has 0 aliphatic heterocycles. The molecule has 3 N–H and O–H groups in total. The summed E-state index contributed by atoms with van der Waals surface area (Å²) < 4.78 is 14.7. The summed E-state index contributed by atoms with van der Waals surface area (Å²) in [7, 11) is 0. The van der Waals surface area contributed by atoms with Crippen LogP contribution in [0.3, 0.4) is 0 Å². The normalized spacial score (nSPS) is 11.2.